The number of nitro groups is 1. The van der Waals surface area contributed by atoms with Crippen LogP contribution in [0.1, 0.15) is 13.8 Å². The zero-order valence-electron chi connectivity index (χ0n) is 11.8. The standard InChI is InChI=1S/C12H18N2O5S/c1-12(2,8-15)13(3)10-6-5-9(20(4,18)19)7-11(10)14(16)17/h5-7,15H,8H2,1-4H3. The number of sulfone groups is 1. The predicted molar refractivity (Wildman–Crippen MR) is 75.8 cm³/mol. The molecule has 0 aliphatic rings. The number of rotatable bonds is 5. The van der Waals surface area contributed by atoms with Crippen molar-refractivity contribution in [2.45, 2.75) is 24.3 Å². The van der Waals surface area contributed by atoms with Crippen LogP contribution in [0.4, 0.5) is 11.4 Å². The maximum atomic E-state index is 11.5. The van der Waals surface area contributed by atoms with E-state index in [1.165, 1.54) is 12.1 Å². The smallest absolute Gasteiger partial charge is 0.293 e. The summed E-state index contributed by atoms with van der Waals surface area (Å²) in [5.74, 6) is 0. The second kappa shape index (κ2) is 5.37. The highest BCUT2D eigenvalue weighted by Gasteiger charge is 2.29. The minimum absolute atomic E-state index is 0.108. The van der Waals surface area contributed by atoms with Crippen molar-refractivity contribution >= 4 is 21.2 Å². The monoisotopic (exact) mass is 302 g/mol. The van der Waals surface area contributed by atoms with Crippen LogP contribution in [0.5, 0.6) is 0 Å². The number of benzene rings is 1. The van der Waals surface area contributed by atoms with E-state index in [4.69, 9.17) is 0 Å². The lowest BCUT2D eigenvalue weighted by Gasteiger charge is -2.35. The normalized spacial score (nSPS) is 12.2. The third-order valence-electron chi connectivity index (χ3n) is 3.23. The Morgan fingerprint density at radius 2 is 1.95 bits per heavy atom. The molecule has 0 fully saturated rings. The van der Waals surface area contributed by atoms with E-state index in [-0.39, 0.29) is 22.9 Å². The molecular formula is C12H18N2O5S. The molecule has 0 aliphatic heterocycles. The summed E-state index contributed by atoms with van der Waals surface area (Å²) < 4.78 is 22.9. The Labute approximate surface area is 117 Å². The minimum Gasteiger partial charge on any atom is -0.394 e. The molecule has 20 heavy (non-hydrogen) atoms. The van der Waals surface area contributed by atoms with E-state index in [1.807, 2.05) is 0 Å². The number of aliphatic hydroxyl groups is 1. The summed E-state index contributed by atoms with van der Waals surface area (Å²) in [6, 6.07) is 3.74. The van der Waals surface area contributed by atoms with E-state index in [0.29, 0.717) is 0 Å². The maximum Gasteiger partial charge on any atom is 0.293 e. The highest BCUT2D eigenvalue weighted by molar-refractivity contribution is 7.90. The quantitative estimate of drug-likeness (QED) is 0.648. The molecule has 0 bridgehead atoms. The Balaban J connectivity index is 3.46. The molecule has 0 aliphatic carbocycles. The van der Waals surface area contributed by atoms with Crippen LogP contribution >= 0.6 is 0 Å². The van der Waals surface area contributed by atoms with Crippen LogP contribution in [0.2, 0.25) is 0 Å². The van der Waals surface area contributed by atoms with Gasteiger partial charge in [-0.3, -0.25) is 10.1 Å². The summed E-state index contributed by atoms with van der Waals surface area (Å²) in [5.41, 5.74) is -0.768. The molecular weight excluding hydrogens is 284 g/mol. The fraction of sp³-hybridized carbons (Fsp3) is 0.500. The van der Waals surface area contributed by atoms with Crippen LogP contribution in [0.3, 0.4) is 0 Å². The van der Waals surface area contributed by atoms with Crippen LogP contribution in [0.15, 0.2) is 23.1 Å². The largest absolute Gasteiger partial charge is 0.394 e. The third-order valence-corrected chi connectivity index (χ3v) is 4.34. The summed E-state index contributed by atoms with van der Waals surface area (Å²) in [6.45, 7) is 3.25. The van der Waals surface area contributed by atoms with Crippen LogP contribution in [-0.4, -0.2) is 43.9 Å². The minimum atomic E-state index is -3.51. The SMILES string of the molecule is CN(c1ccc(S(C)(=O)=O)cc1[N+](=O)[O-])C(C)(C)CO. The molecule has 0 amide bonds. The molecule has 8 heteroatoms. The first-order chi connectivity index (χ1) is 9.00. The summed E-state index contributed by atoms with van der Waals surface area (Å²) in [4.78, 5) is 12.0. The molecule has 0 saturated heterocycles. The van der Waals surface area contributed by atoms with Gasteiger partial charge in [0.05, 0.1) is 22.0 Å². The third kappa shape index (κ3) is 3.26. The van der Waals surface area contributed by atoms with Gasteiger partial charge in [0, 0.05) is 19.4 Å². The van der Waals surface area contributed by atoms with E-state index in [1.54, 1.807) is 25.8 Å². The van der Waals surface area contributed by atoms with Crippen LogP contribution in [-0.2, 0) is 9.84 Å². The molecule has 1 rings (SSSR count). The molecule has 0 saturated carbocycles. The average molecular weight is 302 g/mol. The Bertz CT molecular complexity index is 625. The van der Waals surface area contributed by atoms with E-state index < -0.39 is 20.3 Å². The maximum absolute atomic E-state index is 11.5. The molecule has 1 N–H and O–H groups in total. The molecule has 7 nitrogen and oxygen atoms in total. The fourth-order valence-electron chi connectivity index (χ4n) is 1.60. The Morgan fingerprint density at radius 3 is 2.35 bits per heavy atom. The Morgan fingerprint density at radius 1 is 1.40 bits per heavy atom. The van der Waals surface area contributed by atoms with E-state index in [9.17, 15) is 23.6 Å². The molecule has 112 valence electrons. The van der Waals surface area contributed by atoms with Gasteiger partial charge >= 0.3 is 0 Å². The zero-order valence-corrected chi connectivity index (χ0v) is 12.6. The first kappa shape index (κ1) is 16.4. The first-order valence-electron chi connectivity index (χ1n) is 5.84. The van der Waals surface area contributed by atoms with Crippen molar-refractivity contribution in [3.05, 3.63) is 28.3 Å². The number of aliphatic hydroxyl groups excluding tert-OH is 1. The van der Waals surface area contributed by atoms with Crippen molar-refractivity contribution in [3.63, 3.8) is 0 Å². The molecule has 1 aromatic rings. The van der Waals surface area contributed by atoms with Gasteiger partial charge in [0.2, 0.25) is 0 Å². The number of anilines is 1. The van der Waals surface area contributed by atoms with Gasteiger partial charge in [0.25, 0.3) is 5.69 Å². The number of likely N-dealkylation sites (N-methyl/N-ethyl adjacent to an activating group) is 1. The Hall–Kier alpha value is -1.67. The van der Waals surface area contributed by atoms with Gasteiger partial charge in [0.1, 0.15) is 5.69 Å². The second-order valence-electron chi connectivity index (χ2n) is 5.21. The molecule has 0 aromatic heterocycles. The molecule has 0 atom stereocenters. The van der Waals surface area contributed by atoms with Crippen molar-refractivity contribution in [1.29, 1.82) is 0 Å². The number of nitro benzene ring substituents is 1. The summed E-state index contributed by atoms with van der Waals surface area (Å²) >= 11 is 0. The molecule has 1 aromatic carbocycles. The second-order valence-corrected chi connectivity index (χ2v) is 7.23. The van der Waals surface area contributed by atoms with E-state index in [0.717, 1.165) is 12.3 Å². The first-order valence-corrected chi connectivity index (χ1v) is 7.73. The molecule has 0 unspecified atom stereocenters. The van der Waals surface area contributed by atoms with Crippen molar-refractivity contribution in [2.24, 2.45) is 0 Å². The van der Waals surface area contributed by atoms with Gasteiger partial charge in [-0.25, -0.2) is 8.42 Å². The van der Waals surface area contributed by atoms with E-state index in [2.05, 4.69) is 0 Å². The van der Waals surface area contributed by atoms with Gasteiger partial charge in [-0.1, -0.05) is 0 Å². The average Bonchev–Trinajstić information content (AvgIpc) is 2.35. The number of hydrogen-bond acceptors (Lipinski definition) is 6. The summed E-state index contributed by atoms with van der Waals surface area (Å²) in [5, 5.41) is 20.5. The Kier molecular flexibility index (Phi) is 4.40. The molecule has 0 spiro atoms. The molecule has 0 radical (unpaired) electrons. The van der Waals surface area contributed by atoms with Crippen LogP contribution in [0.25, 0.3) is 0 Å². The highest BCUT2D eigenvalue weighted by Crippen LogP contribution is 2.33. The van der Waals surface area contributed by atoms with Crippen LogP contribution in [0, 0.1) is 10.1 Å². The van der Waals surface area contributed by atoms with Crippen molar-refractivity contribution in [1.82, 2.24) is 0 Å². The van der Waals surface area contributed by atoms with E-state index >= 15 is 0 Å². The zero-order chi connectivity index (χ0) is 15.7. The van der Waals surface area contributed by atoms with Gasteiger partial charge in [-0.2, -0.15) is 0 Å². The van der Waals surface area contributed by atoms with Gasteiger partial charge in [-0.05, 0) is 26.0 Å². The van der Waals surface area contributed by atoms with Crippen molar-refractivity contribution in [3.8, 4) is 0 Å². The van der Waals surface area contributed by atoms with Gasteiger partial charge in [0.15, 0.2) is 9.84 Å². The summed E-state index contributed by atoms with van der Waals surface area (Å²) in [6.07, 6.45) is 0.993. The highest BCUT2D eigenvalue weighted by atomic mass is 32.2. The lowest BCUT2D eigenvalue weighted by atomic mass is 10.0. The fourth-order valence-corrected chi connectivity index (χ4v) is 2.24. The topological polar surface area (TPSA) is 101 Å². The number of nitrogens with zero attached hydrogens (tertiary/aromatic N) is 2. The van der Waals surface area contributed by atoms with Crippen molar-refractivity contribution < 1.29 is 18.4 Å². The molecule has 0 heterocycles. The van der Waals surface area contributed by atoms with Crippen LogP contribution < -0.4 is 4.90 Å². The van der Waals surface area contributed by atoms with Gasteiger partial charge in [-0.15, -0.1) is 0 Å². The lowest BCUT2D eigenvalue weighted by molar-refractivity contribution is -0.384. The summed E-state index contributed by atoms with van der Waals surface area (Å²) in [7, 11) is -1.90. The van der Waals surface area contributed by atoms with Gasteiger partial charge < -0.3 is 10.0 Å². The van der Waals surface area contributed by atoms with Crippen molar-refractivity contribution in [2.75, 3.05) is 24.8 Å². The lowest BCUT2D eigenvalue weighted by Crippen LogP contribution is -2.44. The number of hydrogen-bond donors (Lipinski definition) is 1. The predicted octanol–water partition coefficient (Wildman–Crippen LogP) is 1.21.